The number of ether oxygens (including phenoxy) is 1. The highest BCUT2D eigenvalue weighted by atomic mass is 16.5. The lowest BCUT2D eigenvalue weighted by molar-refractivity contribution is -0.118. The third-order valence-corrected chi connectivity index (χ3v) is 6.87. The van der Waals surface area contributed by atoms with E-state index in [1.165, 1.54) is 38.5 Å². The number of amides is 1. The van der Waals surface area contributed by atoms with Gasteiger partial charge in [0.1, 0.15) is 12.0 Å². The standard InChI is InChI=1S/C26H27N3O2/c1-4-23-28-19-11-7-5-9-16(19)13-21(28)25-24(17-14-22(30)27-15-17)18-10-6-8-12-20(18)29(25)26(2,3)31-23/h5-12,23H,4,13-15H2,1-3H3,(H,27,30)/b24-17+/t23-/m1/s1. The molecule has 3 aliphatic rings. The van der Waals surface area contributed by atoms with Gasteiger partial charge < -0.3 is 19.5 Å². The molecule has 4 heterocycles. The normalized spacial score (nSPS) is 23.5. The minimum atomic E-state index is -0.531. The van der Waals surface area contributed by atoms with Crippen LogP contribution in [0.3, 0.4) is 0 Å². The number of carbonyl (C=O) groups excluding carboxylic acids is 1. The summed E-state index contributed by atoms with van der Waals surface area (Å²) in [6.07, 6.45) is 2.16. The van der Waals surface area contributed by atoms with Crippen LogP contribution in [0.5, 0.6) is 0 Å². The lowest BCUT2D eigenvalue weighted by Crippen LogP contribution is -2.42. The van der Waals surface area contributed by atoms with Gasteiger partial charge in [0.15, 0.2) is 0 Å². The first-order valence-electron chi connectivity index (χ1n) is 11.2. The van der Waals surface area contributed by atoms with Crippen molar-refractivity contribution < 1.29 is 9.53 Å². The van der Waals surface area contributed by atoms with Crippen LogP contribution >= 0.6 is 0 Å². The predicted octanol–water partition coefficient (Wildman–Crippen LogP) is 2.94. The van der Waals surface area contributed by atoms with Gasteiger partial charge in [0, 0.05) is 35.0 Å². The number of para-hydroxylation sites is 2. The van der Waals surface area contributed by atoms with E-state index in [0.29, 0.717) is 13.0 Å². The molecule has 3 aromatic rings. The lowest BCUT2D eigenvalue weighted by Gasteiger charge is -2.35. The van der Waals surface area contributed by atoms with Crippen molar-refractivity contribution in [3.05, 3.63) is 64.7 Å². The summed E-state index contributed by atoms with van der Waals surface area (Å²) in [6, 6.07) is 17.2. The Bertz CT molecular complexity index is 1370. The zero-order chi connectivity index (χ0) is 21.3. The van der Waals surface area contributed by atoms with E-state index < -0.39 is 5.72 Å². The van der Waals surface area contributed by atoms with Gasteiger partial charge >= 0.3 is 0 Å². The highest BCUT2D eigenvalue weighted by molar-refractivity contribution is 5.94. The van der Waals surface area contributed by atoms with E-state index in [4.69, 9.17) is 4.74 Å². The minimum absolute atomic E-state index is 0.0477. The van der Waals surface area contributed by atoms with Gasteiger partial charge in [0.2, 0.25) is 5.91 Å². The molecule has 1 atom stereocenters. The molecule has 6 rings (SSSR count). The lowest BCUT2D eigenvalue weighted by atomic mass is 10.1. The van der Waals surface area contributed by atoms with E-state index in [2.05, 4.69) is 84.1 Å². The highest BCUT2D eigenvalue weighted by Crippen LogP contribution is 2.40. The quantitative estimate of drug-likeness (QED) is 0.667. The second-order valence-electron chi connectivity index (χ2n) is 9.18. The molecular formula is C26H27N3O2. The molecule has 5 heteroatoms. The number of benzene rings is 2. The van der Waals surface area contributed by atoms with E-state index in [9.17, 15) is 4.79 Å². The Hall–Kier alpha value is -3.05. The Morgan fingerprint density at radius 1 is 1.10 bits per heavy atom. The summed E-state index contributed by atoms with van der Waals surface area (Å²) in [4.78, 5) is 14.6. The fraction of sp³-hybridized carbons (Fsp3) is 0.346. The van der Waals surface area contributed by atoms with Crippen LogP contribution in [0, 0.1) is 0 Å². The molecule has 1 N–H and O–H groups in total. The van der Waals surface area contributed by atoms with E-state index in [1.807, 2.05) is 0 Å². The molecule has 0 aliphatic carbocycles. The monoisotopic (exact) mass is 413 g/mol. The van der Waals surface area contributed by atoms with Crippen LogP contribution in [0.2, 0.25) is 0 Å². The number of fused-ring (bicyclic) bond motifs is 6. The molecule has 0 radical (unpaired) electrons. The molecule has 1 amide bonds. The van der Waals surface area contributed by atoms with Crippen LogP contribution in [0.4, 0.5) is 5.69 Å². The fourth-order valence-corrected chi connectivity index (χ4v) is 5.67. The van der Waals surface area contributed by atoms with E-state index >= 15 is 0 Å². The second-order valence-corrected chi connectivity index (χ2v) is 9.18. The zero-order valence-corrected chi connectivity index (χ0v) is 18.2. The second kappa shape index (κ2) is 6.47. The van der Waals surface area contributed by atoms with Gasteiger partial charge in [0.25, 0.3) is 0 Å². The van der Waals surface area contributed by atoms with Gasteiger partial charge in [-0.05, 0) is 43.5 Å². The fourth-order valence-electron chi connectivity index (χ4n) is 5.67. The summed E-state index contributed by atoms with van der Waals surface area (Å²) in [5.41, 5.74) is 5.63. The first-order valence-corrected chi connectivity index (χ1v) is 11.2. The molecule has 3 aliphatic heterocycles. The maximum atomic E-state index is 12.2. The van der Waals surface area contributed by atoms with Crippen molar-refractivity contribution in [2.45, 2.75) is 52.0 Å². The topological polar surface area (TPSA) is 46.5 Å². The number of hydrogen-bond donors (Lipinski definition) is 1. The van der Waals surface area contributed by atoms with Crippen molar-refractivity contribution >= 4 is 33.8 Å². The number of aromatic nitrogens is 1. The van der Waals surface area contributed by atoms with Crippen LogP contribution in [0.1, 0.15) is 39.2 Å². The Labute approximate surface area is 181 Å². The first kappa shape index (κ1) is 18.7. The van der Waals surface area contributed by atoms with Gasteiger partial charge in [-0.3, -0.25) is 4.79 Å². The van der Waals surface area contributed by atoms with Crippen LogP contribution < -0.4 is 20.8 Å². The van der Waals surface area contributed by atoms with Crippen molar-refractivity contribution in [3.8, 4) is 0 Å². The van der Waals surface area contributed by atoms with Crippen LogP contribution in [-0.4, -0.2) is 23.2 Å². The zero-order valence-electron chi connectivity index (χ0n) is 18.2. The predicted molar refractivity (Wildman–Crippen MR) is 123 cm³/mol. The van der Waals surface area contributed by atoms with Crippen LogP contribution in [0.15, 0.2) is 48.5 Å². The molecule has 158 valence electrons. The maximum absolute atomic E-state index is 12.2. The van der Waals surface area contributed by atoms with Crippen LogP contribution in [-0.2, 0) is 21.7 Å². The number of nitrogens with zero attached hydrogens (tertiary/aromatic N) is 2. The molecule has 1 aromatic heterocycles. The van der Waals surface area contributed by atoms with Crippen molar-refractivity contribution in [1.29, 1.82) is 0 Å². The van der Waals surface area contributed by atoms with Crippen molar-refractivity contribution in [2.24, 2.45) is 0 Å². The number of rotatable bonds is 1. The van der Waals surface area contributed by atoms with Crippen molar-refractivity contribution in [1.82, 2.24) is 9.88 Å². The summed E-state index contributed by atoms with van der Waals surface area (Å²) >= 11 is 0. The molecule has 2 aromatic carbocycles. The number of hydrogen-bond acceptors (Lipinski definition) is 3. The van der Waals surface area contributed by atoms with Crippen LogP contribution in [0.25, 0.3) is 22.2 Å². The molecule has 0 unspecified atom stereocenters. The SMILES string of the molecule is CC[C@H]1OC(C)(C)n2c(/c(=C3/CNC(=O)C3)c3ccccc32)=C2Cc3ccccc3N21. The summed E-state index contributed by atoms with van der Waals surface area (Å²) in [6.45, 7) is 7.12. The largest absolute Gasteiger partial charge is 0.352 e. The Kier molecular flexibility index (Phi) is 3.90. The van der Waals surface area contributed by atoms with Gasteiger partial charge in [0.05, 0.1) is 17.3 Å². The average Bonchev–Trinajstić information content (AvgIpc) is 3.43. The van der Waals surface area contributed by atoms with Gasteiger partial charge in [-0.2, -0.15) is 0 Å². The van der Waals surface area contributed by atoms with Gasteiger partial charge in [-0.25, -0.2) is 0 Å². The van der Waals surface area contributed by atoms with Gasteiger partial charge in [-0.1, -0.05) is 43.3 Å². The van der Waals surface area contributed by atoms with Crippen molar-refractivity contribution in [3.63, 3.8) is 0 Å². The summed E-state index contributed by atoms with van der Waals surface area (Å²) in [7, 11) is 0. The van der Waals surface area contributed by atoms with E-state index in [0.717, 1.165) is 18.4 Å². The molecule has 5 nitrogen and oxygen atoms in total. The summed E-state index contributed by atoms with van der Waals surface area (Å²) in [5.74, 6) is 0.103. The van der Waals surface area contributed by atoms with E-state index in [1.54, 1.807) is 0 Å². The Morgan fingerprint density at radius 2 is 1.87 bits per heavy atom. The molecule has 0 bridgehead atoms. The third-order valence-electron chi connectivity index (χ3n) is 6.87. The first-order chi connectivity index (χ1) is 15.0. The van der Waals surface area contributed by atoms with E-state index in [-0.39, 0.29) is 12.1 Å². The number of anilines is 1. The van der Waals surface area contributed by atoms with Crippen molar-refractivity contribution in [2.75, 3.05) is 11.4 Å². The Balaban J connectivity index is 1.84. The summed E-state index contributed by atoms with van der Waals surface area (Å²) < 4.78 is 9.20. The minimum Gasteiger partial charge on any atom is -0.352 e. The maximum Gasteiger partial charge on any atom is 0.224 e. The number of nitrogens with one attached hydrogen (secondary N) is 1. The average molecular weight is 414 g/mol. The molecule has 1 fully saturated rings. The molecule has 0 spiro atoms. The Morgan fingerprint density at radius 3 is 2.65 bits per heavy atom. The third kappa shape index (κ3) is 2.56. The van der Waals surface area contributed by atoms with Gasteiger partial charge in [-0.15, -0.1) is 0 Å². The number of carbonyl (C=O) groups is 1. The summed E-state index contributed by atoms with van der Waals surface area (Å²) in [5, 5.41) is 6.62. The molecular weight excluding hydrogens is 386 g/mol. The highest BCUT2D eigenvalue weighted by Gasteiger charge is 2.40. The molecule has 0 saturated carbocycles. The smallest absolute Gasteiger partial charge is 0.224 e. The molecule has 1 saturated heterocycles. The molecule has 31 heavy (non-hydrogen) atoms.